The zero-order valence-corrected chi connectivity index (χ0v) is 22.9. The third-order valence-electron chi connectivity index (χ3n) is 5.85. The highest BCUT2D eigenvalue weighted by Crippen LogP contribution is 2.30. The fraction of sp³-hybridized carbons (Fsp3) is 0. The molecule has 0 saturated carbocycles. The Morgan fingerprint density at radius 3 is 1.88 bits per heavy atom. The van der Waals surface area contributed by atoms with Crippen molar-refractivity contribution in [1.82, 2.24) is 15.0 Å². The van der Waals surface area contributed by atoms with Gasteiger partial charge in [0.2, 0.25) is 0 Å². The predicted octanol–water partition coefficient (Wildman–Crippen LogP) is 4.14. The summed E-state index contributed by atoms with van der Waals surface area (Å²) in [6.07, 6.45) is 2.45. The van der Waals surface area contributed by atoms with Gasteiger partial charge in [-0.15, -0.1) is 10.2 Å². The molecule has 0 amide bonds. The Morgan fingerprint density at radius 2 is 1.25 bits per heavy atom. The number of benzene rings is 4. The number of hydrogen-bond donors (Lipinski definition) is 3. The Labute approximate surface area is 232 Å². The van der Waals surface area contributed by atoms with E-state index >= 15 is 0 Å². The van der Waals surface area contributed by atoms with Crippen LogP contribution in [0.3, 0.4) is 0 Å². The van der Waals surface area contributed by atoms with Gasteiger partial charge in [0.1, 0.15) is 25.7 Å². The summed E-state index contributed by atoms with van der Waals surface area (Å²) in [5.41, 5.74) is 0.694. The highest BCUT2D eigenvalue weighted by Gasteiger charge is 2.20. The van der Waals surface area contributed by atoms with Gasteiger partial charge in [-0.3, -0.25) is 13.7 Å². The van der Waals surface area contributed by atoms with Gasteiger partial charge in [0.05, 0.1) is 5.69 Å². The lowest BCUT2D eigenvalue weighted by molar-refractivity contribution is 0.480. The molecule has 16 heteroatoms. The van der Waals surface area contributed by atoms with E-state index in [-0.39, 0.29) is 37.6 Å². The molecule has 4 aromatic carbocycles. The Hall–Kier alpha value is -3.70. The Bertz CT molecular complexity index is 2210. The number of hydrogen-bond acceptors (Lipinski definition) is 8. The molecule has 0 saturated heterocycles. The minimum atomic E-state index is -4.80. The van der Waals surface area contributed by atoms with Crippen molar-refractivity contribution in [2.45, 2.75) is 14.7 Å². The lowest BCUT2D eigenvalue weighted by atomic mass is 10.1. The number of rotatable bonds is 6. The van der Waals surface area contributed by atoms with Crippen LogP contribution in [0.15, 0.2) is 81.4 Å². The second-order valence-corrected chi connectivity index (χ2v) is 13.0. The first-order valence-corrected chi connectivity index (χ1v) is 15.7. The second-order valence-electron chi connectivity index (χ2n) is 8.44. The molecule has 0 unspecified atom stereocenters. The molecule has 40 heavy (non-hydrogen) atoms. The topological polar surface area (TPSA) is 194 Å². The van der Waals surface area contributed by atoms with Crippen LogP contribution in [-0.2, 0) is 30.4 Å². The first kappa shape index (κ1) is 27.9. The Kier molecular flexibility index (Phi) is 6.78. The fourth-order valence-electron chi connectivity index (χ4n) is 4.10. The van der Waals surface area contributed by atoms with Crippen LogP contribution < -0.4 is 0 Å². The van der Waals surface area contributed by atoms with Gasteiger partial charge in [-0.25, -0.2) is 0 Å². The Balaban J connectivity index is 1.63. The summed E-state index contributed by atoms with van der Waals surface area (Å²) < 4.78 is 100. The van der Waals surface area contributed by atoms with E-state index < -0.39 is 40.1 Å². The van der Waals surface area contributed by atoms with E-state index in [1.165, 1.54) is 60.7 Å². The molecule has 0 aliphatic carbocycles. The molecule has 206 valence electrons. The third-order valence-corrected chi connectivity index (χ3v) is 8.81. The lowest BCUT2D eigenvalue weighted by Gasteiger charge is -2.07. The maximum absolute atomic E-state index is 12.2. The Morgan fingerprint density at radius 1 is 0.650 bits per heavy atom. The van der Waals surface area contributed by atoms with Gasteiger partial charge < -0.3 is 0 Å². The maximum atomic E-state index is 12.2. The first-order chi connectivity index (χ1) is 18.6. The van der Waals surface area contributed by atoms with Crippen LogP contribution in [-0.4, -0.2) is 53.9 Å². The summed E-state index contributed by atoms with van der Waals surface area (Å²) >= 11 is 5.83. The average Bonchev–Trinajstić information content (AvgIpc) is 3.31. The van der Waals surface area contributed by atoms with Crippen molar-refractivity contribution in [3.8, 4) is 5.69 Å². The smallest absolute Gasteiger partial charge is 0.282 e. The van der Waals surface area contributed by atoms with Crippen molar-refractivity contribution < 1.29 is 38.9 Å². The molecule has 0 aliphatic rings. The van der Waals surface area contributed by atoms with Gasteiger partial charge in [0, 0.05) is 15.8 Å². The van der Waals surface area contributed by atoms with Crippen molar-refractivity contribution in [3.05, 3.63) is 82.9 Å². The van der Waals surface area contributed by atoms with Crippen LogP contribution in [0.1, 0.15) is 11.1 Å². The van der Waals surface area contributed by atoms with Crippen molar-refractivity contribution >= 4 is 75.9 Å². The van der Waals surface area contributed by atoms with E-state index in [4.69, 9.17) is 11.6 Å². The molecule has 5 aromatic rings. The quantitative estimate of drug-likeness (QED) is 0.182. The zero-order chi connectivity index (χ0) is 29.0. The largest absolute Gasteiger partial charge is 0.295 e. The summed E-state index contributed by atoms with van der Waals surface area (Å²) in [6.45, 7) is 0. The second kappa shape index (κ2) is 9.74. The normalized spacial score (nSPS) is 13.0. The minimum Gasteiger partial charge on any atom is -0.282 e. The minimum absolute atomic E-state index is 0.00778. The van der Waals surface area contributed by atoms with E-state index in [1.807, 2.05) is 0 Å². The molecule has 1 heterocycles. The first-order valence-electron chi connectivity index (χ1n) is 11.0. The molecule has 12 nitrogen and oxygen atoms in total. The number of aromatic nitrogens is 3. The van der Waals surface area contributed by atoms with Crippen molar-refractivity contribution in [3.63, 3.8) is 0 Å². The van der Waals surface area contributed by atoms with Crippen molar-refractivity contribution in [2.75, 3.05) is 0 Å². The van der Waals surface area contributed by atoms with Crippen LogP contribution in [0.25, 0.3) is 39.6 Å². The van der Waals surface area contributed by atoms with Gasteiger partial charge in [0.25, 0.3) is 30.4 Å². The van der Waals surface area contributed by atoms with Gasteiger partial charge in [-0.1, -0.05) is 54.1 Å². The molecule has 0 bridgehead atoms. The summed E-state index contributed by atoms with van der Waals surface area (Å²) in [7, 11) is -14.0. The van der Waals surface area contributed by atoms with Crippen molar-refractivity contribution in [1.29, 1.82) is 0 Å². The molecule has 3 N–H and O–H groups in total. The van der Waals surface area contributed by atoms with Crippen LogP contribution >= 0.6 is 11.6 Å². The molecule has 0 aliphatic heterocycles. The number of halogens is 1. The molecule has 0 spiro atoms. The van der Waals surface area contributed by atoms with Crippen LogP contribution in [0, 0.1) is 0 Å². The van der Waals surface area contributed by atoms with Gasteiger partial charge >= 0.3 is 0 Å². The molecule has 1 aromatic heterocycles. The summed E-state index contributed by atoms with van der Waals surface area (Å²) in [5, 5.41) is 9.29. The van der Waals surface area contributed by atoms with Crippen LogP contribution in [0.4, 0.5) is 0 Å². The maximum Gasteiger partial charge on any atom is 0.295 e. The molecule has 0 radical (unpaired) electrons. The van der Waals surface area contributed by atoms with Crippen LogP contribution in [0.5, 0.6) is 0 Å². The molecule has 5 rings (SSSR count). The van der Waals surface area contributed by atoms with Gasteiger partial charge in [-0.2, -0.15) is 30.0 Å². The highest BCUT2D eigenvalue weighted by molar-refractivity contribution is 7.86. The van der Waals surface area contributed by atoms with Gasteiger partial charge in [0.15, 0.2) is 0 Å². The SMILES string of the molecule is O=S(=O)(O)c1cc(Cl)ccc1/C=C/c1ccc(-n2nc3ccc4c(S(=O)(=O)O)cccc4c3n2)cc1S(=O)(=O)O. The van der Waals surface area contributed by atoms with Crippen molar-refractivity contribution in [2.24, 2.45) is 0 Å². The fourth-order valence-corrected chi connectivity index (χ4v) is 6.46. The molecular weight excluding hydrogens is 606 g/mol. The lowest BCUT2D eigenvalue weighted by Crippen LogP contribution is -2.05. The van der Waals surface area contributed by atoms with E-state index in [2.05, 4.69) is 10.2 Å². The molecular formula is C24H16ClN3O9S3. The van der Waals surface area contributed by atoms with E-state index in [1.54, 1.807) is 6.07 Å². The number of nitrogens with zero attached hydrogens (tertiary/aromatic N) is 3. The monoisotopic (exact) mass is 621 g/mol. The summed E-state index contributed by atoms with van der Waals surface area (Å²) in [5.74, 6) is 0. The van der Waals surface area contributed by atoms with Gasteiger partial charge in [-0.05, 0) is 47.5 Å². The van der Waals surface area contributed by atoms with E-state index in [9.17, 15) is 38.9 Å². The van der Waals surface area contributed by atoms with Crippen LogP contribution in [0.2, 0.25) is 5.02 Å². The summed E-state index contributed by atoms with van der Waals surface area (Å²) in [4.78, 5) is -0.284. The van der Waals surface area contributed by atoms with E-state index in [0.29, 0.717) is 10.9 Å². The number of fused-ring (bicyclic) bond motifs is 3. The molecule has 0 atom stereocenters. The van der Waals surface area contributed by atoms with E-state index in [0.717, 1.165) is 16.9 Å². The molecule has 0 fully saturated rings. The highest BCUT2D eigenvalue weighted by atomic mass is 35.5. The summed E-state index contributed by atoms with van der Waals surface area (Å²) in [6, 6.07) is 14.7. The zero-order valence-electron chi connectivity index (χ0n) is 19.7. The predicted molar refractivity (Wildman–Crippen MR) is 146 cm³/mol. The average molecular weight is 622 g/mol. The third kappa shape index (κ3) is 5.35. The standard InChI is InChI=1S/C24H16ClN3O9S3/c25-16-8-6-14(22(12-16)39(32,33)34)4-5-15-7-9-17(13-23(15)40(35,36)37)28-26-20-11-10-18-19(24(20)27-28)2-1-3-21(18)38(29,30)31/h1-13H,(H,29,30,31)(H,32,33,34)(H,35,36,37)/b5-4+.